The number of rotatable bonds is 4. The number of fused-ring (bicyclic) bond motifs is 1. The van der Waals surface area contributed by atoms with Gasteiger partial charge in [-0.15, -0.1) is 0 Å². The first-order valence-electron chi connectivity index (χ1n) is 8.11. The molecule has 1 aromatic rings. The molecule has 3 rings (SSSR count). The average Bonchev–Trinajstić information content (AvgIpc) is 3.11. The third kappa shape index (κ3) is 2.77. The van der Waals surface area contributed by atoms with Crippen LogP contribution < -0.4 is 20.5 Å². The molecular weight excluding hydrogens is 280 g/mol. The van der Waals surface area contributed by atoms with Crippen LogP contribution in [-0.2, 0) is 4.79 Å². The number of nitrogens with two attached hydrogens (primary N) is 1. The van der Waals surface area contributed by atoms with Gasteiger partial charge in [0, 0.05) is 24.6 Å². The highest BCUT2D eigenvalue weighted by atomic mass is 16.7. The van der Waals surface area contributed by atoms with Crippen molar-refractivity contribution in [3.8, 4) is 11.5 Å². The van der Waals surface area contributed by atoms with Crippen LogP contribution in [0.1, 0.15) is 46.0 Å². The number of carbonyl (C=O) groups is 1. The summed E-state index contributed by atoms with van der Waals surface area (Å²) in [7, 11) is 0. The number of benzene rings is 1. The van der Waals surface area contributed by atoms with Crippen LogP contribution in [0.2, 0.25) is 0 Å². The molecular formula is C17H24N2O3. The van der Waals surface area contributed by atoms with E-state index in [1.807, 2.05) is 32.0 Å². The van der Waals surface area contributed by atoms with Gasteiger partial charge in [0.15, 0.2) is 11.5 Å². The van der Waals surface area contributed by atoms with E-state index in [2.05, 4.69) is 5.32 Å². The molecule has 0 radical (unpaired) electrons. The van der Waals surface area contributed by atoms with Crippen LogP contribution in [0.25, 0.3) is 0 Å². The Bertz CT molecular complexity index is 567. The molecule has 22 heavy (non-hydrogen) atoms. The van der Waals surface area contributed by atoms with E-state index in [1.54, 1.807) is 0 Å². The lowest BCUT2D eigenvalue weighted by Crippen LogP contribution is -2.40. The van der Waals surface area contributed by atoms with Gasteiger partial charge in [-0.2, -0.15) is 0 Å². The molecule has 0 saturated heterocycles. The zero-order chi connectivity index (χ0) is 15.7. The minimum atomic E-state index is -0.503. The summed E-state index contributed by atoms with van der Waals surface area (Å²) in [5, 5.41) is 2.87. The van der Waals surface area contributed by atoms with Gasteiger partial charge in [0.25, 0.3) is 5.79 Å². The number of anilines is 1. The molecule has 1 fully saturated rings. The highest BCUT2D eigenvalue weighted by Crippen LogP contribution is 2.47. The van der Waals surface area contributed by atoms with Gasteiger partial charge in [-0.25, -0.2) is 0 Å². The van der Waals surface area contributed by atoms with Crippen molar-refractivity contribution >= 4 is 11.6 Å². The second-order valence-corrected chi connectivity index (χ2v) is 6.38. The fourth-order valence-electron chi connectivity index (χ4n) is 3.03. The van der Waals surface area contributed by atoms with Crippen molar-refractivity contribution in [1.82, 2.24) is 0 Å². The zero-order valence-corrected chi connectivity index (χ0v) is 13.2. The van der Waals surface area contributed by atoms with E-state index in [4.69, 9.17) is 15.2 Å². The number of hydrogen-bond donors (Lipinski definition) is 2. The molecule has 120 valence electrons. The van der Waals surface area contributed by atoms with Crippen LogP contribution in [0.15, 0.2) is 18.2 Å². The third-order valence-electron chi connectivity index (χ3n) is 4.73. The molecule has 1 amide bonds. The maximum absolute atomic E-state index is 12.2. The van der Waals surface area contributed by atoms with Gasteiger partial charge in [0.05, 0.1) is 6.04 Å². The largest absolute Gasteiger partial charge is 0.448 e. The van der Waals surface area contributed by atoms with Crippen LogP contribution in [0.4, 0.5) is 5.69 Å². The standard InChI is InChI=1S/C17H24N2O3/c1-3-11(2)15(18)16(20)19-12-6-7-13-14(10-12)22-17(21-13)8-4-5-9-17/h6-7,10-11,15H,3-5,8-9,18H2,1-2H3,(H,19,20). The first-order valence-corrected chi connectivity index (χ1v) is 8.11. The maximum Gasteiger partial charge on any atom is 0.251 e. The zero-order valence-electron chi connectivity index (χ0n) is 13.2. The number of ether oxygens (including phenoxy) is 2. The first kappa shape index (κ1) is 15.2. The predicted molar refractivity (Wildman–Crippen MR) is 85.0 cm³/mol. The smallest absolute Gasteiger partial charge is 0.251 e. The van der Waals surface area contributed by atoms with Crippen molar-refractivity contribution in [2.24, 2.45) is 11.7 Å². The monoisotopic (exact) mass is 304 g/mol. The van der Waals surface area contributed by atoms with E-state index in [-0.39, 0.29) is 11.8 Å². The Kier molecular flexibility index (Phi) is 4.00. The molecule has 0 aromatic heterocycles. The fraction of sp³-hybridized carbons (Fsp3) is 0.588. The fourth-order valence-corrected chi connectivity index (χ4v) is 3.03. The molecule has 1 heterocycles. The molecule has 1 aliphatic heterocycles. The highest BCUT2D eigenvalue weighted by molar-refractivity contribution is 5.95. The molecule has 5 heteroatoms. The molecule has 1 aromatic carbocycles. The summed E-state index contributed by atoms with van der Waals surface area (Å²) in [4.78, 5) is 12.2. The molecule has 5 nitrogen and oxygen atoms in total. The SMILES string of the molecule is CCC(C)C(N)C(=O)Nc1ccc2c(c1)OC1(CCCC1)O2. The van der Waals surface area contributed by atoms with Crippen LogP contribution >= 0.6 is 0 Å². The van der Waals surface area contributed by atoms with Crippen molar-refractivity contribution in [3.05, 3.63) is 18.2 Å². The average molecular weight is 304 g/mol. The Morgan fingerprint density at radius 1 is 1.32 bits per heavy atom. The molecule has 0 bridgehead atoms. The summed E-state index contributed by atoms with van der Waals surface area (Å²) in [5.74, 6) is 0.973. The molecule has 2 atom stereocenters. The van der Waals surface area contributed by atoms with Crippen molar-refractivity contribution < 1.29 is 14.3 Å². The lowest BCUT2D eigenvalue weighted by molar-refractivity contribution is -0.118. The quantitative estimate of drug-likeness (QED) is 0.896. The molecule has 1 aliphatic carbocycles. The summed E-state index contributed by atoms with van der Waals surface area (Å²) in [6.07, 6.45) is 4.96. The second-order valence-electron chi connectivity index (χ2n) is 6.38. The normalized spacial score (nSPS) is 20.9. The summed E-state index contributed by atoms with van der Waals surface area (Å²) < 4.78 is 12.0. The lowest BCUT2D eigenvalue weighted by atomic mass is 9.99. The van der Waals surface area contributed by atoms with Crippen LogP contribution in [0.3, 0.4) is 0 Å². The van der Waals surface area contributed by atoms with Crippen LogP contribution in [-0.4, -0.2) is 17.7 Å². The molecule has 1 saturated carbocycles. The van der Waals surface area contributed by atoms with Crippen molar-refractivity contribution in [2.75, 3.05) is 5.32 Å². The number of hydrogen-bond acceptors (Lipinski definition) is 4. The minimum absolute atomic E-state index is 0.149. The molecule has 1 spiro atoms. The van der Waals surface area contributed by atoms with Crippen molar-refractivity contribution in [3.63, 3.8) is 0 Å². The number of amides is 1. The number of nitrogens with one attached hydrogen (secondary N) is 1. The first-order chi connectivity index (χ1) is 10.5. The van der Waals surface area contributed by atoms with Crippen molar-refractivity contribution in [2.45, 2.75) is 57.8 Å². The highest BCUT2D eigenvalue weighted by Gasteiger charge is 2.44. The topological polar surface area (TPSA) is 73.6 Å². The Morgan fingerprint density at radius 2 is 2.00 bits per heavy atom. The van der Waals surface area contributed by atoms with Gasteiger partial charge in [-0.1, -0.05) is 20.3 Å². The van der Waals surface area contributed by atoms with E-state index in [0.717, 1.165) is 37.9 Å². The van der Waals surface area contributed by atoms with Gasteiger partial charge >= 0.3 is 0 Å². The second kappa shape index (κ2) is 5.80. The predicted octanol–water partition coefficient (Wildman–Crippen LogP) is 3.04. The molecule has 2 unspecified atom stereocenters. The summed E-state index contributed by atoms with van der Waals surface area (Å²) in [6, 6.07) is 5.00. The van der Waals surface area contributed by atoms with Gasteiger partial charge < -0.3 is 20.5 Å². The summed E-state index contributed by atoms with van der Waals surface area (Å²) in [5.41, 5.74) is 6.65. The minimum Gasteiger partial charge on any atom is -0.448 e. The molecule has 2 aliphatic rings. The maximum atomic E-state index is 12.2. The summed E-state index contributed by atoms with van der Waals surface area (Å²) in [6.45, 7) is 4.01. The Labute approximate surface area is 131 Å². The van der Waals surface area contributed by atoms with E-state index in [1.165, 1.54) is 0 Å². The lowest BCUT2D eigenvalue weighted by Gasteiger charge is -2.21. The van der Waals surface area contributed by atoms with E-state index in [0.29, 0.717) is 11.4 Å². The van der Waals surface area contributed by atoms with Crippen molar-refractivity contribution in [1.29, 1.82) is 0 Å². The van der Waals surface area contributed by atoms with Crippen LogP contribution in [0.5, 0.6) is 11.5 Å². The van der Waals surface area contributed by atoms with E-state index >= 15 is 0 Å². The molecule has 3 N–H and O–H groups in total. The van der Waals surface area contributed by atoms with Crippen LogP contribution in [0, 0.1) is 5.92 Å². The third-order valence-corrected chi connectivity index (χ3v) is 4.73. The summed E-state index contributed by atoms with van der Waals surface area (Å²) >= 11 is 0. The van der Waals surface area contributed by atoms with Gasteiger partial charge in [-0.05, 0) is 30.9 Å². The Balaban J connectivity index is 1.69. The number of carbonyl (C=O) groups excluding carboxylic acids is 1. The Morgan fingerprint density at radius 3 is 2.68 bits per heavy atom. The van der Waals surface area contributed by atoms with Gasteiger partial charge in [0.2, 0.25) is 5.91 Å². The van der Waals surface area contributed by atoms with E-state index < -0.39 is 11.8 Å². The Hall–Kier alpha value is -1.75. The van der Waals surface area contributed by atoms with E-state index in [9.17, 15) is 4.79 Å². The van der Waals surface area contributed by atoms with Gasteiger partial charge in [-0.3, -0.25) is 4.79 Å². The van der Waals surface area contributed by atoms with Gasteiger partial charge in [0.1, 0.15) is 0 Å².